The van der Waals surface area contributed by atoms with Crippen molar-refractivity contribution in [1.29, 1.82) is 5.41 Å². The zero-order chi connectivity index (χ0) is 13.0. The zero-order valence-corrected chi connectivity index (χ0v) is 10.3. The van der Waals surface area contributed by atoms with E-state index in [9.17, 15) is 0 Å². The third kappa shape index (κ3) is 2.88. The first-order valence-corrected chi connectivity index (χ1v) is 5.72. The van der Waals surface area contributed by atoms with Crippen molar-refractivity contribution in [3.8, 4) is 5.75 Å². The molecule has 2 rings (SSSR count). The first kappa shape index (κ1) is 12.2. The van der Waals surface area contributed by atoms with Gasteiger partial charge in [-0.05, 0) is 19.1 Å². The third-order valence-electron chi connectivity index (χ3n) is 2.67. The summed E-state index contributed by atoms with van der Waals surface area (Å²) >= 11 is 0. The van der Waals surface area contributed by atoms with Gasteiger partial charge in [0, 0.05) is 18.0 Å². The van der Waals surface area contributed by atoms with Crippen molar-refractivity contribution >= 4 is 5.84 Å². The SMILES string of the molecule is Cc1nccn1CCOc1cccc(C(=N)N)c1. The molecule has 0 bridgehead atoms. The van der Waals surface area contributed by atoms with E-state index < -0.39 is 0 Å². The molecular formula is C13H16N4O. The molecular weight excluding hydrogens is 228 g/mol. The van der Waals surface area contributed by atoms with Crippen LogP contribution in [0.1, 0.15) is 11.4 Å². The number of imidazole rings is 1. The first-order valence-electron chi connectivity index (χ1n) is 5.72. The fourth-order valence-corrected chi connectivity index (χ4v) is 1.66. The van der Waals surface area contributed by atoms with E-state index in [0.717, 1.165) is 18.1 Å². The number of aromatic nitrogens is 2. The molecule has 0 unspecified atom stereocenters. The number of nitrogen functional groups attached to an aromatic ring is 1. The Bertz CT molecular complexity index is 547. The molecule has 5 heteroatoms. The molecule has 0 spiro atoms. The Morgan fingerprint density at radius 2 is 2.33 bits per heavy atom. The molecule has 1 heterocycles. The zero-order valence-electron chi connectivity index (χ0n) is 10.3. The number of rotatable bonds is 5. The van der Waals surface area contributed by atoms with Gasteiger partial charge in [-0.15, -0.1) is 0 Å². The summed E-state index contributed by atoms with van der Waals surface area (Å²) in [7, 11) is 0. The molecule has 1 aromatic heterocycles. The lowest BCUT2D eigenvalue weighted by molar-refractivity contribution is 0.297. The first-order chi connectivity index (χ1) is 8.66. The summed E-state index contributed by atoms with van der Waals surface area (Å²) in [6.07, 6.45) is 3.69. The number of nitrogens with one attached hydrogen (secondary N) is 1. The predicted molar refractivity (Wildman–Crippen MR) is 69.9 cm³/mol. The van der Waals surface area contributed by atoms with Crippen LogP contribution in [0.2, 0.25) is 0 Å². The lowest BCUT2D eigenvalue weighted by Gasteiger charge is -2.09. The second kappa shape index (κ2) is 5.35. The van der Waals surface area contributed by atoms with Crippen LogP contribution in [0.3, 0.4) is 0 Å². The van der Waals surface area contributed by atoms with Crippen molar-refractivity contribution in [3.63, 3.8) is 0 Å². The largest absolute Gasteiger partial charge is 0.492 e. The molecule has 0 aliphatic carbocycles. The summed E-state index contributed by atoms with van der Waals surface area (Å²) in [4.78, 5) is 4.14. The molecule has 5 nitrogen and oxygen atoms in total. The Morgan fingerprint density at radius 1 is 1.50 bits per heavy atom. The molecule has 0 saturated carbocycles. The number of amidine groups is 1. The molecule has 1 aromatic carbocycles. The van der Waals surface area contributed by atoms with Gasteiger partial charge in [0.15, 0.2) is 0 Å². The van der Waals surface area contributed by atoms with E-state index in [-0.39, 0.29) is 5.84 Å². The Hall–Kier alpha value is -2.30. The highest BCUT2D eigenvalue weighted by Crippen LogP contribution is 2.13. The van der Waals surface area contributed by atoms with Gasteiger partial charge in [-0.3, -0.25) is 5.41 Å². The van der Waals surface area contributed by atoms with Crippen LogP contribution in [0.25, 0.3) is 0 Å². The van der Waals surface area contributed by atoms with Crippen LogP contribution in [-0.2, 0) is 6.54 Å². The highest BCUT2D eigenvalue weighted by molar-refractivity contribution is 5.95. The molecule has 3 N–H and O–H groups in total. The van der Waals surface area contributed by atoms with Gasteiger partial charge in [0.25, 0.3) is 0 Å². The molecule has 0 amide bonds. The lowest BCUT2D eigenvalue weighted by atomic mass is 10.2. The Labute approximate surface area is 106 Å². The van der Waals surface area contributed by atoms with E-state index in [0.29, 0.717) is 12.2 Å². The van der Waals surface area contributed by atoms with Crippen LogP contribution in [0.5, 0.6) is 5.75 Å². The van der Waals surface area contributed by atoms with E-state index >= 15 is 0 Å². The van der Waals surface area contributed by atoms with Gasteiger partial charge in [0.1, 0.15) is 24.0 Å². The average Bonchev–Trinajstić information content (AvgIpc) is 2.76. The quantitative estimate of drug-likeness (QED) is 0.619. The van der Waals surface area contributed by atoms with E-state index in [4.69, 9.17) is 15.9 Å². The third-order valence-corrected chi connectivity index (χ3v) is 2.67. The van der Waals surface area contributed by atoms with E-state index in [1.165, 1.54) is 0 Å². The second-order valence-electron chi connectivity index (χ2n) is 3.96. The summed E-state index contributed by atoms with van der Waals surface area (Å²) in [6, 6.07) is 7.24. The molecule has 2 aromatic rings. The van der Waals surface area contributed by atoms with Crippen molar-refractivity contribution in [1.82, 2.24) is 9.55 Å². The van der Waals surface area contributed by atoms with Gasteiger partial charge in [0.2, 0.25) is 0 Å². The van der Waals surface area contributed by atoms with Crippen molar-refractivity contribution < 1.29 is 4.74 Å². The summed E-state index contributed by atoms with van der Waals surface area (Å²) < 4.78 is 7.65. The van der Waals surface area contributed by atoms with Crippen molar-refractivity contribution in [3.05, 3.63) is 48.0 Å². The molecule has 0 radical (unpaired) electrons. The number of benzene rings is 1. The van der Waals surface area contributed by atoms with Crippen LogP contribution in [0.15, 0.2) is 36.7 Å². The van der Waals surface area contributed by atoms with Crippen molar-refractivity contribution in [2.24, 2.45) is 5.73 Å². The van der Waals surface area contributed by atoms with Crippen molar-refractivity contribution in [2.45, 2.75) is 13.5 Å². The van der Waals surface area contributed by atoms with Gasteiger partial charge in [0.05, 0.1) is 6.54 Å². The van der Waals surface area contributed by atoms with Crippen LogP contribution in [0, 0.1) is 12.3 Å². The molecule has 0 fully saturated rings. The minimum Gasteiger partial charge on any atom is -0.492 e. The predicted octanol–water partition coefficient (Wildman–Crippen LogP) is 1.55. The maximum absolute atomic E-state index is 7.36. The monoisotopic (exact) mass is 244 g/mol. The van der Waals surface area contributed by atoms with Gasteiger partial charge in [-0.1, -0.05) is 12.1 Å². The van der Waals surface area contributed by atoms with Crippen LogP contribution >= 0.6 is 0 Å². The summed E-state index contributed by atoms with van der Waals surface area (Å²) in [5.74, 6) is 1.74. The highest BCUT2D eigenvalue weighted by atomic mass is 16.5. The molecule has 0 aliphatic rings. The number of nitrogens with two attached hydrogens (primary N) is 1. The van der Waals surface area contributed by atoms with Gasteiger partial charge in [-0.2, -0.15) is 0 Å². The number of hydrogen-bond acceptors (Lipinski definition) is 3. The minimum atomic E-state index is 0.0471. The molecule has 0 saturated heterocycles. The summed E-state index contributed by atoms with van der Waals surface area (Å²) in [5.41, 5.74) is 6.10. The Kier molecular flexibility index (Phi) is 3.62. The van der Waals surface area contributed by atoms with Crippen LogP contribution in [0.4, 0.5) is 0 Å². The lowest BCUT2D eigenvalue weighted by Crippen LogP contribution is -2.12. The number of nitrogens with zero attached hydrogens (tertiary/aromatic N) is 2. The Morgan fingerprint density at radius 3 is 3.00 bits per heavy atom. The smallest absolute Gasteiger partial charge is 0.122 e. The van der Waals surface area contributed by atoms with Crippen LogP contribution < -0.4 is 10.5 Å². The van der Waals surface area contributed by atoms with Crippen molar-refractivity contribution in [2.75, 3.05) is 6.61 Å². The minimum absolute atomic E-state index is 0.0471. The van der Waals surface area contributed by atoms with Gasteiger partial charge < -0.3 is 15.0 Å². The number of aryl methyl sites for hydroxylation is 1. The van der Waals surface area contributed by atoms with Crippen LogP contribution in [-0.4, -0.2) is 22.0 Å². The number of ether oxygens (including phenoxy) is 1. The van der Waals surface area contributed by atoms with E-state index in [1.54, 1.807) is 18.3 Å². The highest BCUT2D eigenvalue weighted by Gasteiger charge is 2.00. The standard InChI is InChI=1S/C13H16N4O/c1-10-16-5-6-17(10)7-8-18-12-4-2-3-11(9-12)13(14)15/h2-6,9H,7-8H2,1H3,(H3,14,15). The fraction of sp³-hybridized carbons (Fsp3) is 0.231. The fourth-order valence-electron chi connectivity index (χ4n) is 1.66. The summed E-state index contributed by atoms with van der Waals surface area (Å²) in [6.45, 7) is 3.26. The average molecular weight is 244 g/mol. The maximum Gasteiger partial charge on any atom is 0.122 e. The topological polar surface area (TPSA) is 76.9 Å². The molecule has 0 atom stereocenters. The van der Waals surface area contributed by atoms with E-state index in [2.05, 4.69) is 4.98 Å². The molecule has 94 valence electrons. The maximum atomic E-state index is 7.36. The van der Waals surface area contributed by atoms with Gasteiger partial charge >= 0.3 is 0 Å². The second-order valence-corrected chi connectivity index (χ2v) is 3.96. The van der Waals surface area contributed by atoms with Gasteiger partial charge in [-0.25, -0.2) is 4.98 Å². The summed E-state index contributed by atoms with van der Waals surface area (Å²) in [5, 5.41) is 7.36. The Balaban J connectivity index is 1.92. The number of hydrogen-bond donors (Lipinski definition) is 2. The molecule has 18 heavy (non-hydrogen) atoms. The normalized spacial score (nSPS) is 10.3. The van der Waals surface area contributed by atoms with E-state index in [1.807, 2.05) is 29.8 Å². The molecule has 0 aliphatic heterocycles.